The maximum absolute atomic E-state index is 10.3. The predicted octanol–water partition coefficient (Wildman–Crippen LogP) is 7.49. The molecule has 0 heterocycles. The Morgan fingerprint density at radius 3 is 2.43 bits per heavy atom. The van der Waals surface area contributed by atoms with Gasteiger partial charge < -0.3 is 5.11 Å². The summed E-state index contributed by atoms with van der Waals surface area (Å²) in [6.45, 7) is 15.3. The second-order valence-corrected chi connectivity index (χ2v) is 13.4. The molecule has 30 heavy (non-hydrogen) atoms. The molecule has 0 aromatic carbocycles. The van der Waals surface area contributed by atoms with Crippen molar-refractivity contribution in [2.24, 2.45) is 64.1 Å². The van der Waals surface area contributed by atoms with Crippen molar-refractivity contribution in [3.8, 4) is 0 Å². The molecule has 1 nitrogen and oxygen atoms in total. The van der Waals surface area contributed by atoms with Gasteiger partial charge in [-0.05, 0) is 122 Å². The van der Waals surface area contributed by atoms with E-state index in [0.29, 0.717) is 10.8 Å². The summed E-state index contributed by atoms with van der Waals surface area (Å²) in [5.74, 6) is 8.39. The Morgan fingerprint density at radius 1 is 0.933 bits per heavy atom. The normalized spacial score (nSPS) is 52.1. The number of allylic oxidation sites excluding steroid dienone is 1. The van der Waals surface area contributed by atoms with Crippen LogP contribution in [0.4, 0.5) is 0 Å². The smallest absolute Gasteiger partial charge is 0.0577 e. The molecule has 0 aliphatic heterocycles. The molecular weight excluding hydrogens is 364 g/mol. The maximum atomic E-state index is 10.3. The lowest BCUT2D eigenvalue weighted by Gasteiger charge is -2.58. The van der Waals surface area contributed by atoms with Gasteiger partial charge in [0, 0.05) is 0 Å². The summed E-state index contributed by atoms with van der Waals surface area (Å²) in [6, 6.07) is 0. The number of aliphatic hydroxyl groups excluding tert-OH is 1. The average molecular weight is 413 g/mol. The number of rotatable bonds is 4. The van der Waals surface area contributed by atoms with Crippen LogP contribution in [0.15, 0.2) is 11.6 Å². The highest BCUT2D eigenvalue weighted by molar-refractivity contribution is 5.25. The number of fused-ring (bicyclic) bond motifs is 5. The third-order valence-electron chi connectivity index (χ3n) is 12.1. The summed E-state index contributed by atoms with van der Waals surface area (Å²) in [7, 11) is 0. The van der Waals surface area contributed by atoms with E-state index in [1.165, 1.54) is 44.9 Å². The molecule has 0 unspecified atom stereocenters. The predicted molar refractivity (Wildman–Crippen MR) is 126 cm³/mol. The minimum absolute atomic E-state index is 0.0776. The lowest BCUT2D eigenvalue weighted by Crippen LogP contribution is -2.51. The molecule has 11 atom stereocenters. The van der Waals surface area contributed by atoms with Crippen molar-refractivity contribution in [2.75, 3.05) is 0 Å². The van der Waals surface area contributed by atoms with Gasteiger partial charge in [-0.3, -0.25) is 0 Å². The van der Waals surface area contributed by atoms with E-state index in [0.717, 1.165) is 66.1 Å². The van der Waals surface area contributed by atoms with E-state index >= 15 is 0 Å². The molecule has 1 N–H and O–H groups in total. The fourth-order valence-electron chi connectivity index (χ4n) is 9.78. The highest BCUT2D eigenvalue weighted by Gasteiger charge is 2.61. The van der Waals surface area contributed by atoms with Crippen molar-refractivity contribution >= 4 is 0 Å². The Balaban J connectivity index is 1.34. The van der Waals surface area contributed by atoms with Gasteiger partial charge in [0.15, 0.2) is 0 Å². The van der Waals surface area contributed by atoms with Gasteiger partial charge in [0.05, 0.1) is 6.10 Å². The third-order valence-corrected chi connectivity index (χ3v) is 12.1. The second-order valence-electron chi connectivity index (χ2n) is 13.4. The van der Waals surface area contributed by atoms with Crippen LogP contribution in [0, 0.1) is 64.1 Å². The van der Waals surface area contributed by atoms with E-state index in [1.807, 2.05) is 0 Å². The Bertz CT molecular complexity index is 692. The highest BCUT2D eigenvalue weighted by Crippen LogP contribution is 2.69. The molecule has 170 valence electrons. The van der Waals surface area contributed by atoms with Crippen molar-refractivity contribution < 1.29 is 5.11 Å². The first-order chi connectivity index (χ1) is 14.2. The van der Waals surface area contributed by atoms with Crippen LogP contribution < -0.4 is 0 Å². The minimum atomic E-state index is -0.0776. The second kappa shape index (κ2) is 7.36. The van der Waals surface area contributed by atoms with E-state index in [1.54, 1.807) is 5.57 Å². The van der Waals surface area contributed by atoms with E-state index in [2.05, 4.69) is 47.6 Å². The van der Waals surface area contributed by atoms with Crippen molar-refractivity contribution in [2.45, 2.75) is 105 Å². The van der Waals surface area contributed by atoms with Crippen molar-refractivity contribution in [3.63, 3.8) is 0 Å². The van der Waals surface area contributed by atoms with Crippen LogP contribution in [-0.4, -0.2) is 11.2 Å². The molecular formula is C29H48O. The third kappa shape index (κ3) is 3.11. The number of aliphatic hydroxyl groups is 1. The lowest BCUT2D eigenvalue weighted by atomic mass is 9.47. The molecule has 5 aliphatic carbocycles. The van der Waals surface area contributed by atoms with Crippen LogP contribution in [0.3, 0.4) is 0 Å². The summed E-state index contributed by atoms with van der Waals surface area (Å²) in [5.41, 5.74) is 2.60. The molecule has 0 aromatic rings. The molecule has 4 fully saturated rings. The van der Waals surface area contributed by atoms with Crippen LogP contribution in [0.5, 0.6) is 0 Å². The Morgan fingerprint density at radius 2 is 1.70 bits per heavy atom. The Hall–Kier alpha value is -0.300. The van der Waals surface area contributed by atoms with Crippen LogP contribution in [-0.2, 0) is 0 Å². The van der Waals surface area contributed by atoms with Crippen LogP contribution in [0.2, 0.25) is 0 Å². The SMILES string of the molecule is CC(C)[C@@H](C)[C@H]1C[C@@H]1[C@@H](C)[C@H]1CC[C@H]2[C@@H]3CC=C4C[C@@H](O)CC[C@]4(C)[C@H]3CC[C@]12C. The van der Waals surface area contributed by atoms with Crippen LogP contribution in [0.1, 0.15) is 99.3 Å². The summed E-state index contributed by atoms with van der Waals surface area (Å²) < 4.78 is 0. The summed E-state index contributed by atoms with van der Waals surface area (Å²) in [4.78, 5) is 0. The lowest BCUT2D eigenvalue weighted by molar-refractivity contribution is -0.0586. The van der Waals surface area contributed by atoms with Crippen LogP contribution in [0.25, 0.3) is 0 Å². The van der Waals surface area contributed by atoms with Gasteiger partial charge in [0.1, 0.15) is 0 Å². The monoisotopic (exact) mass is 412 g/mol. The topological polar surface area (TPSA) is 20.2 Å². The first-order valence-corrected chi connectivity index (χ1v) is 13.5. The van der Waals surface area contributed by atoms with Gasteiger partial charge in [-0.1, -0.05) is 53.2 Å². The van der Waals surface area contributed by atoms with E-state index in [4.69, 9.17) is 0 Å². The molecule has 4 saturated carbocycles. The average Bonchev–Trinajstić information content (AvgIpc) is 3.42. The fraction of sp³-hybridized carbons (Fsp3) is 0.931. The van der Waals surface area contributed by atoms with Crippen molar-refractivity contribution in [1.29, 1.82) is 0 Å². The maximum Gasteiger partial charge on any atom is 0.0577 e. The summed E-state index contributed by atoms with van der Waals surface area (Å²) >= 11 is 0. The minimum Gasteiger partial charge on any atom is -0.393 e. The zero-order valence-electron chi connectivity index (χ0n) is 20.7. The summed E-state index contributed by atoms with van der Waals surface area (Å²) in [5, 5.41) is 10.3. The zero-order valence-corrected chi connectivity index (χ0v) is 20.7. The molecule has 0 radical (unpaired) electrons. The van der Waals surface area contributed by atoms with Crippen molar-refractivity contribution in [3.05, 3.63) is 11.6 Å². The van der Waals surface area contributed by atoms with Crippen LogP contribution >= 0.6 is 0 Å². The molecule has 5 aliphatic rings. The highest BCUT2D eigenvalue weighted by atomic mass is 16.3. The van der Waals surface area contributed by atoms with Gasteiger partial charge in [0.25, 0.3) is 0 Å². The zero-order chi connectivity index (χ0) is 21.4. The standard InChI is InChI=1S/C29H48O/c1-17(2)18(3)23-16-24(23)19(4)25-9-10-26-22-8-7-20-15-21(30)11-13-28(20,5)27(22)12-14-29(25,26)6/h7,17-19,21-27,30H,8-16H2,1-6H3/t18-,19-,21+,22+,23-,24-,25-,26+,27+,28+,29-/m1/s1. The Labute approximate surface area is 186 Å². The summed E-state index contributed by atoms with van der Waals surface area (Å²) in [6.07, 6.45) is 14.4. The molecule has 0 saturated heterocycles. The number of hydrogen-bond acceptors (Lipinski definition) is 1. The van der Waals surface area contributed by atoms with E-state index < -0.39 is 0 Å². The molecule has 1 heteroatoms. The van der Waals surface area contributed by atoms with Gasteiger partial charge in [-0.2, -0.15) is 0 Å². The largest absolute Gasteiger partial charge is 0.393 e. The van der Waals surface area contributed by atoms with Crippen molar-refractivity contribution in [1.82, 2.24) is 0 Å². The molecule has 0 spiro atoms. The van der Waals surface area contributed by atoms with E-state index in [9.17, 15) is 5.11 Å². The van der Waals surface area contributed by atoms with Gasteiger partial charge >= 0.3 is 0 Å². The molecule has 0 aromatic heterocycles. The van der Waals surface area contributed by atoms with Gasteiger partial charge in [0.2, 0.25) is 0 Å². The van der Waals surface area contributed by atoms with Gasteiger partial charge in [-0.15, -0.1) is 0 Å². The first-order valence-electron chi connectivity index (χ1n) is 13.5. The first kappa shape index (κ1) is 21.5. The quantitative estimate of drug-likeness (QED) is 0.474. The molecule has 5 rings (SSSR count). The molecule has 0 amide bonds. The van der Waals surface area contributed by atoms with E-state index in [-0.39, 0.29) is 6.10 Å². The van der Waals surface area contributed by atoms with Gasteiger partial charge in [-0.25, -0.2) is 0 Å². The fourth-order valence-corrected chi connectivity index (χ4v) is 9.78. The molecule has 0 bridgehead atoms. The number of hydrogen-bond donors (Lipinski definition) is 1. The Kier molecular flexibility index (Phi) is 5.28.